The Hall–Kier alpha value is -3.77. The van der Waals surface area contributed by atoms with Gasteiger partial charge in [-0.25, -0.2) is 0 Å². The van der Waals surface area contributed by atoms with Crippen molar-refractivity contribution < 1.29 is 19.4 Å². The molecule has 1 aliphatic rings. The van der Waals surface area contributed by atoms with Crippen molar-refractivity contribution in [1.82, 2.24) is 0 Å². The number of rotatable bonds is 6. The highest BCUT2D eigenvalue weighted by molar-refractivity contribution is 6.52. The first-order valence-corrected chi connectivity index (χ1v) is 12.9. The summed E-state index contributed by atoms with van der Waals surface area (Å²) >= 11 is 6.45. The Morgan fingerprint density at radius 2 is 1.63 bits per heavy atom. The van der Waals surface area contributed by atoms with E-state index in [4.69, 9.17) is 16.3 Å². The number of benzene rings is 3. The van der Waals surface area contributed by atoms with Crippen molar-refractivity contribution in [2.45, 2.75) is 39.2 Å². The first kappa shape index (κ1) is 27.3. The predicted octanol–water partition coefficient (Wildman–Crippen LogP) is 6.73. The second-order valence-corrected chi connectivity index (χ2v) is 10.9. The fraction of sp³-hybridized carbons (Fsp3) is 0.290. The molecule has 1 unspecified atom stereocenters. The Balaban J connectivity index is 1.93. The van der Waals surface area contributed by atoms with Crippen molar-refractivity contribution in [1.29, 1.82) is 0 Å². The van der Waals surface area contributed by atoms with Gasteiger partial charge in [0.15, 0.2) is 0 Å². The molecule has 1 fully saturated rings. The summed E-state index contributed by atoms with van der Waals surface area (Å²) in [7, 11) is 3.86. The molecule has 1 aliphatic heterocycles. The topological polar surface area (TPSA) is 70.1 Å². The average molecular weight is 533 g/mol. The van der Waals surface area contributed by atoms with Crippen LogP contribution in [0.3, 0.4) is 0 Å². The Labute approximate surface area is 229 Å². The number of halogens is 1. The molecule has 198 valence electrons. The number of ketones is 1. The number of aliphatic hydroxyl groups excluding tert-OH is 1. The smallest absolute Gasteiger partial charge is 0.300 e. The van der Waals surface area contributed by atoms with Crippen LogP contribution in [0.1, 0.15) is 50.4 Å². The van der Waals surface area contributed by atoms with Crippen molar-refractivity contribution in [2.24, 2.45) is 0 Å². The molecule has 1 atom stereocenters. The highest BCUT2D eigenvalue weighted by Crippen LogP contribution is 2.44. The van der Waals surface area contributed by atoms with E-state index in [0.29, 0.717) is 23.6 Å². The van der Waals surface area contributed by atoms with E-state index in [2.05, 4.69) is 20.8 Å². The summed E-state index contributed by atoms with van der Waals surface area (Å²) in [6, 6.07) is 19.2. The predicted molar refractivity (Wildman–Crippen MR) is 153 cm³/mol. The number of Topliss-reactive ketones (excluding diaryl/α,β-unsaturated/α-hetero) is 1. The van der Waals surface area contributed by atoms with Crippen LogP contribution >= 0.6 is 11.6 Å². The van der Waals surface area contributed by atoms with Crippen LogP contribution in [-0.2, 0) is 15.0 Å². The van der Waals surface area contributed by atoms with Gasteiger partial charge in [-0.3, -0.25) is 14.5 Å². The molecular formula is C31H33ClN2O4. The first-order valence-electron chi connectivity index (χ1n) is 12.6. The summed E-state index contributed by atoms with van der Waals surface area (Å²) in [5.41, 5.74) is 3.45. The van der Waals surface area contributed by atoms with Crippen LogP contribution in [0, 0.1) is 0 Å². The molecule has 0 saturated carbocycles. The van der Waals surface area contributed by atoms with E-state index in [-0.39, 0.29) is 27.3 Å². The lowest BCUT2D eigenvalue weighted by Gasteiger charge is -2.27. The van der Waals surface area contributed by atoms with Crippen molar-refractivity contribution in [3.63, 3.8) is 0 Å². The lowest BCUT2D eigenvalue weighted by atomic mass is 9.85. The number of hydrogen-bond acceptors (Lipinski definition) is 5. The van der Waals surface area contributed by atoms with Gasteiger partial charge in [0.2, 0.25) is 0 Å². The van der Waals surface area contributed by atoms with Gasteiger partial charge in [-0.2, -0.15) is 0 Å². The van der Waals surface area contributed by atoms with Gasteiger partial charge >= 0.3 is 0 Å². The summed E-state index contributed by atoms with van der Waals surface area (Å²) in [5.74, 6) is -1.33. The zero-order valence-electron chi connectivity index (χ0n) is 22.6. The molecule has 0 radical (unpaired) electrons. The maximum absolute atomic E-state index is 13.5. The van der Waals surface area contributed by atoms with Gasteiger partial charge in [-0.15, -0.1) is 0 Å². The molecule has 1 heterocycles. The molecule has 4 rings (SSSR count). The molecule has 0 spiro atoms. The second kappa shape index (κ2) is 10.5. The third-order valence-corrected chi connectivity index (χ3v) is 7.01. The minimum atomic E-state index is -0.846. The van der Waals surface area contributed by atoms with Gasteiger partial charge in [-0.1, -0.05) is 56.6 Å². The number of carbonyl (C=O) groups is 2. The van der Waals surface area contributed by atoms with E-state index in [1.165, 1.54) is 4.90 Å². The molecule has 0 aromatic heterocycles. The number of hydrogen-bond donors (Lipinski definition) is 1. The van der Waals surface area contributed by atoms with E-state index >= 15 is 0 Å². The standard InChI is InChI=1S/C31H33ClN2O4/c1-7-38-23-16-17-25(32)24(18-23)28(35)26-27(19-8-10-20(11-9-19)31(2,3)4)34(30(37)29(26)36)22-14-12-21(13-15-22)33(5)6/h8-18,27,35H,7H2,1-6H3/b28-26+. The second-order valence-electron chi connectivity index (χ2n) is 10.5. The number of anilines is 2. The van der Waals surface area contributed by atoms with E-state index < -0.39 is 17.7 Å². The minimum Gasteiger partial charge on any atom is -0.507 e. The number of ether oxygens (including phenoxy) is 1. The molecule has 1 N–H and O–H groups in total. The monoisotopic (exact) mass is 532 g/mol. The van der Waals surface area contributed by atoms with E-state index in [0.717, 1.165) is 11.3 Å². The van der Waals surface area contributed by atoms with Gasteiger partial charge < -0.3 is 14.7 Å². The number of amides is 1. The average Bonchev–Trinajstić information content (AvgIpc) is 3.14. The van der Waals surface area contributed by atoms with Gasteiger partial charge in [0.1, 0.15) is 11.5 Å². The zero-order valence-corrected chi connectivity index (χ0v) is 23.3. The Morgan fingerprint density at radius 1 is 1.00 bits per heavy atom. The van der Waals surface area contributed by atoms with Crippen molar-refractivity contribution >= 4 is 40.4 Å². The van der Waals surface area contributed by atoms with Gasteiger partial charge in [-0.05, 0) is 65.9 Å². The Morgan fingerprint density at radius 3 is 2.18 bits per heavy atom. The SMILES string of the molecule is CCOc1ccc(Cl)c(/C(O)=C2\C(=O)C(=O)N(c3ccc(N(C)C)cc3)C2c2ccc(C(C)(C)C)cc2)c1. The molecule has 3 aromatic carbocycles. The fourth-order valence-corrected chi connectivity index (χ4v) is 4.79. The largest absolute Gasteiger partial charge is 0.507 e. The zero-order chi connectivity index (χ0) is 27.8. The van der Waals surface area contributed by atoms with Crippen molar-refractivity contribution in [3.05, 3.63) is 94.0 Å². The summed E-state index contributed by atoms with van der Waals surface area (Å²) in [4.78, 5) is 30.4. The highest BCUT2D eigenvalue weighted by atomic mass is 35.5. The lowest BCUT2D eigenvalue weighted by molar-refractivity contribution is -0.132. The highest BCUT2D eigenvalue weighted by Gasteiger charge is 2.47. The van der Waals surface area contributed by atoms with Crippen molar-refractivity contribution in [2.75, 3.05) is 30.5 Å². The van der Waals surface area contributed by atoms with Gasteiger partial charge in [0.05, 0.1) is 23.2 Å². The number of nitrogens with zero attached hydrogens (tertiary/aromatic N) is 2. The maximum atomic E-state index is 13.5. The molecule has 0 aliphatic carbocycles. The summed E-state index contributed by atoms with van der Waals surface area (Å²) < 4.78 is 5.58. The summed E-state index contributed by atoms with van der Waals surface area (Å²) in [6.45, 7) is 8.63. The Kier molecular flexibility index (Phi) is 7.56. The van der Waals surface area contributed by atoms with Crippen LogP contribution < -0.4 is 14.5 Å². The molecule has 38 heavy (non-hydrogen) atoms. The van der Waals surface area contributed by atoms with E-state index in [1.807, 2.05) is 62.3 Å². The van der Waals surface area contributed by atoms with Crippen molar-refractivity contribution in [3.8, 4) is 5.75 Å². The van der Waals surface area contributed by atoms with Gasteiger partial charge in [0.25, 0.3) is 11.7 Å². The van der Waals surface area contributed by atoms with Crippen LogP contribution in [-0.4, -0.2) is 37.5 Å². The summed E-state index contributed by atoms with van der Waals surface area (Å²) in [5, 5.41) is 11.8. The summed E-state index contributed by atoms with van der Waals surface area (Å²) in [6.07, 6.45) is 0. The minimum absolute atomic E-state index is 0.0225. The lowest BCUT2D eigenvalue weighted by Crippen LogP contribution is -2.29. The fourth-order valence-electron chi connectivity index (χ4n) is 4.58. The molecule has 6 nitrogen and oxygen atoms in total. The van der Waals surface area contributed by atoms with Crippen LogP contribution in [0.4, 0.5) is 11.4 Å². The van der Waals surface area contributed by atoms with Crippen LogP contribution in [0.25, 0.3) is 5.76 Å². The molecular weight excluding hydrogens is 500 g/mol. The Bertz CT molecular complexity index is 1390. The van der Waals surface area contributed by atoms with Crippen LogP contribution in [0.2, 0.25) is 5.02 Å². The normalized spacial score (nSPS) is 17.1. The molecule has 0 bridgehead atoms. The third kappa shape index (κ3) is 5.14. The molecule has 1 saturated heterocycles. The van der Waals surface area contributed by atoms with Crippen LogP contribution in [0.5, 0.6) is 5.75 Å². The van der Waals surface area contributed by atoms with E-state index in [9.17, 15) is 14.7 Å². The number of carbonyl (C=O) groups excluding carboxylic acids is 2. The van der Waals surface area contributed by atoms with Crippen LogP contribution in [0.15, 0.2) is 72.3 Å². The van der Waals surface area contributed by atoms with E-state index in [1.54, 1.807) is 30.3 Å². The maximum Gasteiger partial charge on any atom is 0.300 e. The number of aliphatic hydroxyl groups is 1. The molecule has 7 heteroatoms. The quantitative estimate of drug-likeness (QED) is 0.216. The molecule has 3 aromatic rings. The molecule has 1 amide bonds. The van der Waals surface area contributed by atoms with Gasteiger partial charge in [0, 0.05) is 31.0 Å². The first-order chi connectivity index (χ1) is 17.9. The third-order valence-electron chi connectivity index (χ3n) is 6.69.